The molecule has 1 aromatic heterocycles. The molecule has 2 unspecified atom stereocenters. The molecule has 1 aliphatic rings. The van der Waals surface area contributed by atoms with Crippen LogP contribution in [0.1, 0.15) is 18.8 Å². The Morgan fingerprint density at radius 1 is 1.60 bits per heavy atom. The van der Waals surface area contributed by atoms with Crippen molar-refractivity contribution in [2.75, 3.05) is 32.5 Å². The lowest BCUT2D eigenvalue weighted by Crippen LogP contribution is -2.50. The monoisotopic (exact) mass is 302 g/mol. The Morgan fingerprint density at radius 2 is 2.35 bits per heavy atom. The molecule has 0 bridgehead atoms. The zero-order valence-electron chi connectivity index (χ0n) is 12.1. The van der Waals surface area contributed by atoms with Crippen molar-refractivity contribution >= 4 is 10.0 Å². The van der Waals surface area contributed by atoms with Gasteiger partial charge in [-0.25, -0.2) is 13.4 Å². The van der Waals surface area contributed by atoms with Crippen LogP contribution in [0.25, 0.3) is 0 Å². The molecular formula is C12H22N4O3S. The number of sulfonamides is 1. The Kier molecular flexibility index (Phi) is 4.79. The molecule has 0 aromatic carbocycles. The Morgan fingerprint density at radius 3 is 2.95 bits per heavy atom. The summed E-state index contributed by atoms with van der Waals surface area (Å²) < 4.78 is 33.6. The van der Waals surface area contributed by atoms with Crippen LogP contribution in [0.4, 0.5) is 0 Å². The van der Waals surface area contributed by atoms with E-state index in [-0.39, 0.29) is 17.9 Å². The number of nitrogens with one attached hydrogen (secondary N) is 1. The topological polar surface area (TPSA) is 76.5 Å². The minimum absolute atomic E-state index is 0.00950. The van der Waals surface area contributed by atoms with Gasteiger partial charge in [0.2, 0.25) is 10.0 Å². The fraction of sp³-hybridized carbons (Fsp3) is 0.750. The largest absolute Gasteiger partial charge is 0.381 e. The average molecular weight is 302 g/mol. The van der Waals surface area contributed by atoms with E-state index in [1.807, 2.05) is 17.8 Å². The molecule has 2 heterocycles. The van der Waals surface area contributed by atoms with Gasteiger partial charge in [-0.15, -0.1) is 0 Å². The highest BCUT2D eigenvalue weighted by Gasteiger charge is 2.35. The number of aromatic nitrogens is 2. The van der Waals surface area contributed by atoms with E-state index in [2.05, 4.69) is 10.3 Å². The second kappa shape index (κ2) is 6.21. The minimum Gasteiger partial charge on any atom is -0.381 e. The Hall–Kier alpha value is -0.960. The summed E-state index contributed by atoms with van der Waals surface area (Å²) in [6, 6.07) is -0.266. The Bertz CT molecular complexity index is 543. The smallest absolute Gasteiger partial charge is 0.217 e. The highest BCUT2D eigenvalue weighted by Crippen LogP contribution is 2.24. The summed E-state index contributed by atoms with van der Waals surface area (Å²) in [5.41, 5.74) is 0. The molecule has 0 spiro atoms. The summed E-state index contributed by atoms with van der Waals surface area (Å²) >= 11 is 0. The summed E-state index contributed by atoms with van der Waals surface area (Å²) in [6.07, 6.45) is 3.19. The summed E-state index contributed by atoms with van der Waals surface area (Å²) in [5, 5.41) is 3.23. The molecule has 0 amide bonds. The van der Waals surface area contributed by atoms with Crippen LogP contribution in [0.15, 0.2) is 12.4 Å². The summed E-state index contributed by atoms with van der Waals surface area (Å²) in [5.74, 6) is 0.746. The Balaban J connectivity index is 2.25. The first kappa shape index (κ1) is 15.4. The van der Waals surface area contributed by atoms with E-state index in [0.717, 1.165) is 5.82 Å². The predicted molar refractivity (Wildman–Crippen MR) is 75.8 cm³/mol. The first-order valence-electron chi connectivity index (χ1n) is 6.66. The molecule has 7 nitrogen and oxygen atoms in total. The highest BCUT2D eigenvalue weighted by atomic mass is 32.2. The second-order valence-corrected chi connectivity index (χ2v) is 7.02. The van der Waals surface area contributed by atoms with Crippen LogP contribution in [0.5, 0.6) is 0 Å². The molecule has 8 heteroatoms. The van der Waals surface area contributed by atoms with E-state index in [9.17, 15) is 8.42 Å². The minimum atomic E-state index is -3.37. The maximum atomic E-state index is 12.6. The number of ether oxygens (including phenoxy) is 1. The van der Waals surface area contributed by atoms with Crippen molar-refractivity contribution in [1.82, 2.24) is 19.2 Å². The van der Waals surface area contributed by atoms with E-state index in [1.54, 1.807) is 17.4 Å². The zero-order valence-corrected chi connectivity index (χ0v) is 12.9. The third kappa shape index (κ3) is 3.20. The lowest BCUT2D eigenvalue weighted by atomic mass is 10.2. The third-order valence-corrected chi connectivity index (χ3v) is 5.60. The number of hydrogen-bond donors (Lipinski definition) is 1. The Labute approximate surface area is 120 Å². The standard InChI is InChI=1S/C12H22N4O3S/c1-10(19-3)9-20(17,18)16-7-4-13-8-11(16)12-14-5-6-15(12)2/h5-6,10-11,13H,4,7-9H2,1-3H3. The maximum Gasteiger partial charge on any atom is 0.217 e. The zero-order chi connectivity index (χ0) is 14.8. The van der Waals surface area contributed by atoms with Gasteiger partial charge in [0, 0.05) is 46.2 Å². The number of hydrogen-bond acceptors (Lipinski definition) is 5. The van der Waals surface area contributed by atoms with Gasteiger partial charge in [-0.2, -0.15) is 4.31 Å². The molecule has 114 valence electrons. The molecule has 1 saturated heterocycles. The third-order valence-electron chi connectivity index (χ3n) is 3.56. The van der Waals surface area contributed by atoms with E-state index in [1.165, 1.54) is 7.11 Å². The van der Waals surface area contributed by atoms with Crippen molar-refractivity contribution in [3.05, 3.63) is 18.2 Å². The SMILES string of the molecule is COC(C)CS(=O)(=O)N1CCNCC1c1nccn1C. The molecule has 2 atom stereocenters. The number of rotatable bonds is 5. The van der Waals surface area contributed by atoms with Gasteiger partial charge < -0.3 is 14.6 Å². The average Bonchev–Trinajstić information content (AvgIpc) is 2.84. The van der Waals surface area contributed by atoms with Crippen LogP contribution < -0.4 is 5.32 Å². The predicted octanol–water partition coefficient (Wildman–Crippen LogP) is -0.269. The van der Waals surface area contributed by atoms with Gasteiger partial charge in [-0.1, -0.05) is 0 Å². The van der Waals surface area contributed by atoms with Crippen LogP contribution in [0.2, 0.25) is 0 Å². The molecular weight excluding hydrogens is 280 g/mol. The lowest BCUT2D eigenvalue weighted by molar-refractivity contribution is 0.133. The van der Waals surface area contributed by atoms with Crippen LogP contribution >= 0.6 is 0 Å². The molecule has 20 heavy (non-hydrogen) atoms. The fourth-order valence-electron chi connectivity index (χ4n) is 2.40. The number of aryl methyl sites for hydroxylation is 1. The van der Waals surface area contributed by atoms with E-state index >= 15 is 0 Å². The van der Waals surface area contributed by atoms with Crippen LogP contribution in [0, 0.1) is 0 Å². The fourth-order valence-corrected chi connectivity index (χ4v) is 4.24. The molecule has 1 aromatic rings. The van der Waals surface area contributed by atoms with Gasteiger partial charge in [-0.3, -0.25) is 0 Å². The number of nitrogens with zero attached hydrogens (tertiary/aromatic N) is 3. The summed E-state index contributed by atoms with van der Waals surface area (Å²) in [4.78, 5) is 4.29. The number of piperazine rings is 1. The van der Waals surface area contributed by atoms with Crippen molar-refractivity contribution in [3.63, 3.8) is 0 Å². The van der Waals surface area contributed by atoms with Gasteiger partial charge in [0.1, 0.15) is 5.82 Å². The van der Waals surface area contributed by atoms with Gasteiger partial charge in [0.25, 0.3) is 0 Å². The molecule has 0 radical (unpaired) electrons. The molecule has 1 fully saturated rings. The molecule has 1 N–H and O–H groups in total. The summed E-state index contributed by atoms with van der Waals surface area (Å²) in [6.45, 7) is 3.44. The van der Waals surface area contributed by atoms with Crippen LogP contribution in [0.3, 0.4) is 0 Å². The van der Waals surface area contributed by atoms with Crippen molar-refractivity contribution < 1.29 is 13.2 Å². The van der Waals surface area contributed by atoms with E-state index < -0.39 is 10.0 Å². The number of imidazole rings is 1. The molecule has 0 aliphatic carbocycles. The van der Waals surface area contributed by atoms with Crippen LogP contribution in [-0.4, -0.2) is 60.9 Å². The van der Waals surface area contributed by atoms with Crippen LogP contribution in [-0.2, 0) is 21.8 Å². The van der Waals surface area contributed by atoms with E-state index in [0.29, 0.717) is 19.6 Å². The van der Waals surface area contributed by atoms with Crippen molar-refractivity contribution in [2.24, 2.45) is 7.05 Å². The second-order valence-electron chi connectivity index (χ2n) is 5.05. The lowest BCUT2D eigenvalue weighted by Gasteiger charge is -2.35. The van der Waals surface area contributed by atoms with Gasteiger partial charge in [-0.05, 0) is 6.92 Å². The highest BCUT2D eigenvalue weighted by molar-refractivity contribution is 7.89. The first-order chi connectivity index (χ1) is 9.45. The summed E-state index contributed by atoms with van der Waals surface area (Å²) in [7, 11) is 0.0249. The van der Waals surface area contributed by atoms with Gasteiger partial charge in [0.15, 0.2) is 0 Å². The molecule has 2 rings (SSSR count). The quantitative estimate of drug-likeness (QED) is 0.810. The van der Waals surface area contributed by atoms with Crippen molar-refractivity contribution in [1.29, 1.82) is 0 Å². The molecule has 0 saturated carbocycles. The van der Waals surface area contributed by atoms with Gasteiger partial charge >= 0.3 is 0 Å². The maximum absolute atomic E-state index is 12.6. The van der Waals surface area contributed by atoms with E-state index in [4.69, 9.17) is 4.74 Å². The van der Waals surface area contributed by atoms with Gasteiger partial charge in [0.05, 0.1) is 17.9 Å². The van der Waals surface area contributed by atoms with Crippen molar-refractivity contribution in [2.45, 2.75) is 19.1 Å². The van der Waals surface area contributed by atoms with Crippen molar-refractivity contribution in [3.8, 4) is 0 Å². The number of methoxy groups -OCH3 is 1. The normalized spacial score (nSPS) is 22.9. The molecule has 1 aliphatic heterocycles. The first-order valence-corrected chi connectivity index (χ1v) is 8.27.